The molecule has 0 N–H and O–H groups in total. The molecular weight excluding hydrogens is 220 g/mol. The Morgan fingerprint density at radius 2 is 1.81 bits per heavy atom. The standard InChI is InChI=1S/C13H13ClN2/c1-3-13-15-11(8-12(14)16-13)10-6-4-9(2)5-7-10/h4-8H,3H2,1-2H3. The van der Waals surface area contributed by atoms with Crippen molar-refractivity contribution in [2.75, 3.05) is 0 Å². The van der Waals surface area contributed by atoms with Crippen molar-refractivity contribution < 1.29 is 0 Å². The van der Waals surface area contributed by atoms with E-state index >= 15 is 0 Å². The van der Waals surface area contributed by atoms with E-state index < -0.39 is 0 Å². The molecule has 82 valence electrons. The highest BCUT2D eigenvalue weighted by Crippen LogP contribution is 2.20. The summed E-state index contributed by atoms with van der Waals surface area (Å²) in [6, 6.07) is 10.0. The van der Waals surface area contributed by atoms with Crippen molar-refractivity contribution in [2.45, 2.75) is 20.3 Å². The van der Waals surface area contributed by atoms with Gasteiger partial charge in [0.25, 0.3) is 0 Å². The van der Waals surface area contributed by atoms with Crippen molar-refractivity contribution in [3.05, 3.63) is 46.9 Å². The first-order valence-corrected chi connectivity index (χ1v) is 5.67. The molecule has 0 radical (unpaired) electrons. The van der Waals surface area contributed by atoms with Crippen LogP contribution in [0.3, 0.4) is 0 Å². The average Bonchev–Trinajstić information content (AvgIpc) is 2.29. The van der Waals surface area contributed by atoms with Gasteiger partial charge in [0, 0.05) is 18.1 Å². The third kappa shape index (κ3) is 2.39. The van der Waals surface area contributed by atoms with Crippen molar-refractivity contribution in [3.63, 3.8) is 0 Å². The molecule has 0 atom stereocenters. The number of nitrogens with zero attached hydrogens (tertiary/aromatic N) is 2. The fourth-order valence-corrected chi connectivity index (χ4v) is 1.70. The first kappa shape index (κ1) is 11.1. The number of hydrogen-bond donors (Lipinski definition) is 0. The van der Waals surface area contributed by atoms with E-state index in [1.54, 1.807) is 6.07 Å². The van der Waals surface area contributed by atoms with Crippen LogP contribution in [0.2, 0.25) is 5.15 Å². The number of benzene rings is 1. The molecule has 1 aromatic heterocycles. The second-order valence-electron chi connectivity index (χ2n) is 3.71. The predicted octanol–water partition coefficient (Wildman–Crippen LogP) is 3.67. The number of hydrogen-bond acceptors (Lipinski definition) is 2. The van der Waals surface area contributed by atoms with Gasteiger partial charge < -0.3 is 0 Å². The fourth-order valence-electron chi connectivity index (χ4n) is 1.50. The number of aryl methyl sites for hydroxylation is 2. The van der Waals surface area contributed by atoms with Crippen LogP contribution in [0.1, 0.15) is 18.3 Å². The Balaban J connectivity index is 2.47. The Morgan fingerprint density at radius 1 is 1.12 bits per heavy atom. The molecule has 16 heavy (non-hydrogen) atoms. The van der Waals surface area contributed by atoms with Gasteiger partial charge >= 0.3 is 0 Å². The molecule has 0 amide bonds. The molecule has 0 spiro atoms. The van der Waals surface area contributed by atoms with E-state index in [1.807, 2.05) is 19.1 Å². The molecule has 3 heteroatoms. The quantitative estimate of drug-likeness (QED) is 0.739. The van der Waals surface area contributed by atoms with E-state index in [2.05, 4.69) is 29.0 Å². The molecule has 0 aliphatic heterocycles. The molecule has 0 saturated heterocycles. The van der Waals surface area contributed by atoms with Gasteiger partial charge in [-0.05, 0) is 6.92 Å². The van der Waals surface area contributed by atoms with Crippen LogP contribution in [0.25, 0.3) is 11.3 Å². The molecule has 0 bridgehead atoms. The van der Waals surface area contributed by atoms with Gasteiger partial charge in [0.15, 0.2) is 0 Å². The fraction of sp³-hybridized carbons (Fsp3) is 0.231. The molecular formula is C13H13ClN2. The topological polar surface area (TPSA) is 25.8 Å². The molecule has 2 aromatic rings. The summed E-state index contributed by atoms with van der Waals surface area (Å²) in [4.78, 5) is 8.61. The maximum Gasteiger partial charge on any atom is 0.133 e. The van der Waals surface area contributed by atoms with Gasteiger partial charge in [-0.2, -0.15) is 0 Å². The summed E-state index contributed by atoms with van der Waals surface area (Å²) < 4.78 is 0. The molecule has 0 aliphatic carbocycles. The number of rotatable bonds is 2. The normalized spacial score (nSPS) is 10.4. The van der Waals surface area contributed by atoms with Crippen LogP contribution in [0.4, 0.5) is 0 Å². The van der Waals surface area contributed by atoms with Gasteiger partial charge in [0.1, 0.15) is 11.0 Å². The maximum atomic E-state index is 5.96. The minimum absolute atomic E-state index is 0.502. The Kier molecular flexibility index (Phi) is 3.20. The highest BCUT2D eigenvalue weighted by Gasteiger charge is 2.03. The van der Waals surface area contributed by atoms with E-state index in [-0.39, 0.29) is 0 Å². The predicted molar refractivity (Wildman–Crippen MR) is 66.6 cm³/mol. The van der Waals surface area contributed by atoms with E-state index in [1.165, 1.54) is 5.56 Å². The lowest BCUT2D eigenvalue weighted by molar-refractivity contribution is 0.943. The van der Waals surface area contributed by atoms with Gasteiger partial charge in [0.05, 0.1) is 5.69 Å². The van der Waals surface area contributed by atoms with Crippen molar-refractivity contribution >= 4 is 11.6 Å². The molecule has 2 rings (SSSR count). The van der Waals surface area contributed by atoms with Crippen molar-refractivity contribution in [3.8, 4) is 11.3 Å². The minimum Gasteiger partial charge on any atom is -0.233 e. The van der Waals surface area contributed by atoms with E-state index in [4.69, 9.17) is 11.6 Å². The first-order chi connectivity index (χ1) is 7.69. The lowest BCUT2D eigenvalue weighted by atomic mass is 10.1. The van der Waals surface area contributed by atoms with Crippen LogP contribution < -0.4 is 0 Å². The molecule has 1 heterocycles. The zero-order valence-corrected chi connectivity index (χ0v) is 10.1. The van der Waals surface area contributed by atoms with Crippen molar-refractivity contribution in [1.82, 2.24) is 9.97 Å². The summed E-state index contributed by atoms with van der Waals surface area (Å²) in [6.07, 6.45) is 0.791. The smallest absolute Gasteiger partial charge is 0.133 e. The minimum atomic E-state index is 0.502. The first-order valence-electron chi connectivity index (χ1n) is 5.29. The number of halogens is 1. The molecule has 0 fully saturated rings. The van der Waals surface area contributed by atoms with Crippen LogP contribution in [-0.4, -0.2) is 9.97 Å². The zero-order chi connectivity index (χ0) is 11.5. The molecule has 0 saturated carbocycles. The summed E-state index contributed by atoms with van der Waals surface area (Å²) in [7, 11) is 0. The Bertz CT molecular complexity index is 492. The van der Waals surface area contributed by atoms with Crippen LogP contribution in [0.5, 0.6) is 0 Å². The van der Waals surface area contributed by atoms with E-state index in [0.29, 0.717) is 5.15 Å². The summed E-state index contributed by atoms with van der Waals surface area (Å²) in [5, 5.41) is 0.502. The summed E-state index contributed by atoms with van der Waals surface area (Å²) in [5.41, 5.74) is 3.20. The Hall–Kier alpha value is -1.41. The van der Waals surface area contributed by atoms with Gasteiger partial charge in [0.2, 0.25) is 0 Å². The monoisotopic (exact) mass is 232 g/mol. The van der Waals surface area contributed by atoms with Gasteiger partial charge in [-0.1, -0.05) is 48.4 Å². The van der Waals surface area contributed by atoms with Gasteiger partial charge in [-0.15, -0.1) is 0 Å². The highest BCUT2D eigenvalue weighted by molar-refractivity contribution is 6.29. The maximum absolute atomic E-state index is 5.96. The van der Waals surface area contributed by atoms with Crippen LogP contribution in [0, 0.1) is 6.92 Å². The summed E-state index contributed by atoms with van der Waals surface area (Å²) in [6.45, 7) is 4.08. The number of aromatic nitrogens is 2. The second kappa shape index (κ2) is 4.62. The van der Waals surface area contributed by atoms with Crippen LogP contribution in [-0.2, 0) is 6.42 Å². The van der Waals surface area contributed by atoms with Crippen LogP contribution >= 0.6 is 11.6 Å². The highest BCUT2D eigenvalue weighted by atomic mass is 35.5. The second-order valence-corrected chi connectivity index (χ2v) is 4.10. The third-order valence-corrected chi connectivity index (χ3v) is 2.60. The SMILES string of the molecule is CCc1nc(Cl)cc(-c2ccc(C)cc2)n1. The zero-order valence-electron chi connectivity index (χ0n) is 9.37. The summed E-state index contributed by atoms with van der Waals surface area (Å²) in [5.74, 6) is 0.781. The Morgan fingerprint density at radius 3 is 2.44 bits per heavy atom. The van der Waals surface area contributed by atoms with E-state index in [0.717, 1.165) is 23.5 Å². The van der Waals surface area contributed by atoms with Gasteiger partial charge in [-0.3, -0.25) is 0 Å². The Labute approximate surface area is 100 Å². The largest absolute Gasteiger partial charge is 0.233 e. The third-order valence-electron chi connectivity index (χ3n) is 2.40. The molecule has 1 aromatic carbocycles. The molecule has 0 aliphatic rings. The molecule has 2 nitrogen and oxygen atoms in total. The van der Waals surface area contributed by atoms with Crippen molar-refractivity contribution in [2.24, 2.45) is 0 Å². The van der Waals surface area contributed by atoms with Crippen molar-refractivity contribution in [1.29, 1.82) is 0 Å². The van der Waals surface area contributed by atoms with E-state index in [9.17, 15) is 0 Å². The lowest BCUT2D eigenvalue weighted by Gasteiger charge is -2.04. The lowest BCUT2D eigenvalue weighted by Crippen LogP contribution is -1.95. The average molecular weight is 233 g/mol. The molecule has 0 unspecified atom stereocenters. The van der Waals surface area contributed by atoms with Gasteiger partial charge in [-0.25, -0.2) is 9.97 Å². The summed E-state index contributed by atoms with van der Waals surface area (Å²) >= 11 is 5.96. The van der Waals surface area contributed by atoms with Crippen LogP contribution in [0.15, 0.2) is 30.3 Å².